The maximum Gasteiger partial charge on any atom is 0.142 e. The van der Waals surface area contributed by atoms with Crippen molar-refractivity contribution in [2.45, 2.75) is 13.8 Å². The summed E-state index contributed by atoms with van der Waals surface area (Å²) in [5.41, 5.74) is 1.43. The van der Waals surface area contributed by atoms with Crippen LogP contribution in [0.2, 0.25) is 0 Å². The first kappa shape index (κ1) is 8.71. The Morgan fingerprint density at radius 2 is 2.08 bits per heavy atom. The molecule has 1 heterocycles. The zero-order valence-electron chi connectivity index (χ0n) is 7.13. The molecule has 64 valence electrons. The molecule has 0 saturated carbocycles. The number of aryl methyl sites for hydroxylation is 2. The highest BCUT2D eigenvalue weighted by atomic mass is 19.1. The first-order valence-electron chi connectivity index (χ1n) is 3.70. The molecule has 2 nitrogen and oxygen atoms in total. The van der Waals surface area contributed by atoms with Crippen molar-refractivity contribution in [3.05, 3.63) is 41.7 Å². The topological polar surface area (TPSA) is 28.7 Å². The van der Waals surface area contributed by atoms with E-state index in [1.165, 1.54) is 12.5 Å². The fourth-order valence-electron chi connectivity index (χ4n) is 0.732. The van der Waals surface area contributed by atoms with Gasteiger partial charge in [-0.25, -0.2) is 9.37 Å². The lowest BCUT2D eigenvalue weighted by molar-refractivity contribution is 0.614. The third-order valence-electron chi connectivity index (χ3n) is 1.50. The number of H-pyrrole nitrogens is 1. The summed E-state index contributed by atoms with van der Waals surface area (Å²) in [7, 11) is 0. The van der Waals surface area contributed by atoms with Crippen LogP contribution in [0.5, 0.6) is 0 Å². The third-order valence-corrected chi connectivity index (χ3v) is 1.50. The van der Waals surface area contributed by atoms with Gasteiger partial charge in [0, 0.05) is 11.9 Å². The van der Waals surface area contributed by atoms with Gasteiger partial charge in [-0.3, -0.25) is 0 Å². The van der Waals surface area contributed by atoms with Crippen LogP contribution in [0.25, 0.3) is 0 Å². The summed E-state index contributed by atoms with van der Waals surface area (Å²) in [6, 6.07) is 3.47. The highest BCUT2D eigenvalue weighted by molar-refractivity contribution is 5.10. The van der Waals surface area contributed by atoms with Crippen LogP contribution in [0, 0.1) is 19.7 Å². The summed E-state index contributed by atoms with van der Waals surface area (Å²) >= 11 is 0. The van der Waals surface area contributed by atoms with E-state index in [1.807, 2.05) is 6.92 Å². The van der Waals surface area contributed by atoms with Gasteiger partial charge in [-0.2, -0.15) is 0 Å². The summed E-state index contributed by atoms with van der Waals surface area (Å²) in [6.45, 7) is 3.56. The Bertz CT molecular complexity index is 316. The summed E-state index contributed by atoms with van der Waals surface area (Å²) in [5, 5.41) is 0. The first-order valence-corrected chi connectivity index (χ1v) is 3.70. The van der Waals surface area contributed by atoms with Gasteiger partial charge in [0.1, 0.15) is 5.82 Å². The Labute approximate surface area is 70.8 Å². The molecule has 0 radical (unpaired) electrons. The third kappa shape index (κ3) is 2.34. The molecular formula is C9H11FN2. The van der Waals surface area contributed by atoms with Crippen LogP contribution in [0.1, 0.15) is 11.3 Å². The standard InChI is InChI=1S/C9H11FN2/c1-7-3-4-8(2)12-6-11-5-9(7)10/h3-6H,1-2H3,(H,11,12). The molecule has 0 spiro atoms. The van der Waals surface area contributed by atoms with Gasteiger partial charge in [-0.1, -0.05) is 6.07 Å². The van der Waals surface area contributed by atoms with Crippen LogP contribution in [0.4, 0.5) is 4.39 Å². The number of aromatic amines is 1. The quantitative estimate of drug-likeness (QED) is 0.629. The second-order valence-electron chi connectivity index (χ2n) is 2.57. The predicted octanol–water partition coefficient (Wildman–Crippen LogP) is 2.29. The number of hydrogen-bond donors (Lipinski definition) is 1. The van der Waals surface area contributed by atoms with E-state index < -0.39 is 0 Å². The van der Waals surface area contributed by atoms with Gasteiger partial charge in [-0.05, 0) is 25.5 Å². The fraction of sp³-hybridized carbons (Fsp3) is 0.222. The van der Waals surface area contributed by atoms with Crippen LogP contribution >= 0.6 is 0 Å². The van der Waals surface area contributed by atoms with Crippen molar-refractivity contribution >= 4 is 0 Å². The maximum atomic E-state index is 13.0. The van der Waals surface area contributed by atoms with Crippen LogP contribution in [0.3, 0.4) is 0 Å². The number of halogens is 1. The largest absolute Gasteiger partial charge is 0.350 e. The lowest BCUT2D eigenvalue weighted by Gasteiger charge is -1.85. The van der Waals surface area contributed by atoms with Crippen LogP contribution < -0.4 is 0 Å². The minimum atomic E-state index is -0.271. The molecular weight excluding hydrogens is 155 g/mol. The second-order valence-corrected chi connectivity index (χ2v) is 2.57. The fourth-order valence-corrected chi connectivity index (χ4v) is 0.732. The molecule has 0 aliphatic rings. The lowest BCUT2D eigenvalue weighted by Crippen LogP contribution is -1.75. The zero-order valence-corrected chi connectivity index (χ0v) is 7.13. The van der Waals surface area contributed by atoms with Crippen molar-refractivity contribution in [2.24, 2.45) is 0 Å². The summed E-state index contributed by atoms with van der Waals surface area (Å²) < 4.78 is 13.0. The van der Waals surface area contributed by atoms with Crippen molar-refractivity contribution < 1.29 is 4.39 Å². The second kappa shape index (κ2) is 3.85. The first-order chi connectivity index (χ1) is 5.70. The molecule has 3 heteroatoms. The zero-order chi connectivity index (χ0) is 8.97. The smallest absolute Gasteiger partial charge is 0.142 e. The van der Waals surface area contributed by atoms with Crippen molar-refractivity contribution in [2.75, 3.05) is 0 Å². The average molecular weight is 166 g/mol. The molecule has 0 fully saturated rings. The van der Waals surface area contributed by atoms with Gasteiger partial charge < -0.3 is 4.98 Å². The summed E-state index contributed by atoms with van der Waals surface area (Å²) in [4.78, 5) is 6.61. The van der Waals surface area contributed by atoms with Crippen molar-refractivity contribution in [3.63, 3.8) is 0 Å². The van der Waals surface area contributed by atoms with E-state index >= 15 is 0 Å². The molecule has 0 aliphatic heterocycles. The Morgan fingerprint density at radius 3 is 2.83 bits per heavy atom. The SMILES string of the molecule is Cc1ccc(C)c(F)c[nH]cn1. The van der Waals surface area contributed by atoms with E-state index in [0.29, 0.717) is 5.56 Å². The molecule has 0 amide bonds. The van der Waals surface area contributed by atoms with E-state index in [1.54, 1.807) is 19.1 Å². The van der Waals surface area contributed by atoms with Crippen LogP contribution in [-0.4, -0.2) is 9.97 Å². The molecule has 0 atom stereocenters. The van der Waals surface area contributed by atoms with E-state index in [4.69, 9.17) is 0 Å². The van der Waals surface area contributed by atoms with E-state index in [0.717, 1.165) is 5.69 Å². The normalized spacial score (nSPS) is 9.25. The molecule has 1 aromatic rings. The van der Waals surface area contributed by atoms with Gasteiger partial charge in [0.2, 0.25) is 0 Å². The number of aromatic nitrogens is 2. The lowest BCUT2D eigenvalue weighted by atomic mass is 10.3. The predicted molar refractivity (Wildman–Crippen MR) is 45.6 cm³/mol. The monoisotopic (exact) mass is 166 g/mol. The number of nitrogens with zero attached hydrogens (tertiary/aromatic N) is 1. The van der Waals surface area contributed by atoms with Gasteiger partial charge in [0.05, 0.1) is 6.33 Å². The molecule has 1 N–H and O–H groups in total. The number of rotatable bonds is 0. The molecule has 0 unspecified atom stereocenters. The average Bonchev–Trinajstić information content (AvgIpc) is 2.11. The number of hydrogen-bond acceptors (Lipinski definition) is 1. The minimum Gasteiger partial charge on any atom is -0.350 e. The molecule has 0 aromatic carbocycles. The Hall–Kier alpha value is -1.38. The molecule has 0 bridgehead atoms. The van der Waals surface area contributed by atoms with Crippen molar-refractivity contribution in [1.29, 1.82) is 0 Å². The number of nitrogens with one attached hydrogen (secondary N) is 1. The summed E-state index contributed by atoms with van der Waals surface area (Å²) in [6.07, 6.45) is 2.74. The van der Waals surface area contributed by atoms with Crippen LogP contribution in [0.15, 0.2) is 24.7 Å². The minimum absolute atomic E-state index is 0.271. The van der Waals surface area contributed by atoms with Crippen molar-refractivity contribution in [1.82, 2.24) is 9.97 Å². The van der Waals surface area contributed by atoms with Crippen molar-refractivity contribution in [3.8, 4) is 0 Å². The Kier molecular flexibility index (Phi) is 2.80. The van der Waals surface area contributed by atoms with Gasteiger partial charge in [0.25, 0.3) is 0 Å². The van der Waals surface area contributed by atoms with Gasteiger partial charge >= 0.3 is 0 Å². The molecule has 0 saturated heterocycles. The Morgan fingerprint density at radius 1 is 1.33 bits per heavy atom. The highest BCUT2D eigenvalue weighted by Gasteiger charge is 1.88. The van der Waals surface area contributed by atoms with E-state index in [9.17, 15) is 4.39 Å². The van der Waals surface area contributed by atoms with Crippen LogP contribution in [-0.2, 0) is 0 Å². The molecule has 12 heavy (non-hydrogen) atoms. The van der Waals surface area contributed by atoms with E-state index in [-0.39, 0.29) is 5.82 Å². The Balaban J connectivity index is 3.35. The maximum absolute atomic E-state index is 13.0. The molecule has 0 aliphatic carbocycles. The summed E-state index contributed by atoms with van der Waals surface area (Å²) in [5.74, 6) is -0.271. The highest BCUT2D eigenvalue weighted by Crippen LogP contribution is 1.99. The van der Waals surface area contributed by atoms with E-state index in [2.05, 4.69) is 9.97 Å². The van der Waals surface area contributed by atoms with Gasteiger partial charge in [0.15, 0.2) is 0 Å². The van der Waals surface area contributed by atoms with Gasteiger partial charge in [-0.15, -0.1) is 0 Å². The molecule has 1 aromatic heterocycles. The molecule has 1 rings (SSSR count).